The zero-order chi connectivity index (χ0) is 15.1. The predicted molar refractivity (Wildman–Crippen MR) is 75.3 cm³/mol. The Balaban J connectivity index is 2.60. The van der Waals surface area contributed by atoms with Crippen LogP contribution in [0.15, 0.2) is 18.2 Å². The number of carbonyl (C=O) groups is 2. The molecule has 0 saturated carbocycles. The molecule has 0 spiro atoms. The van der Waals surface area contributed by atoms with Crippen molar-refractivity contribution < 1.29 is 14.7 Å². The van der Waals surface area contributed by atoms with E-state index in [1.165, 1.54) is 4.90 Å². The van der Waals surface area contributed by atoms with Gasteiger partial charge in [-0.1, -0.05) is 19.4 Å². The molecule has 0 aliphatic rings. The van der Waals surface area contributed by atoms with Crippen molar-refractivity contribution in [3.8, 4) is 0 Å². The Hall–Kier alpha value is -2.11. The second kappa shape index (κ2) is 7.47. The molecule has 20 heavy (non-hydrogen) atoms. The lowest BCUT2D eigenvalue weighted by Crippen LogP contribution is -2.46. The first-order valence-electron chi connectivity index (χ1n) is 6.61. The molecule has 0 aliphatic carbocycles. The summed E-state index contributed by atoms with van der Waals surface area (Å²) in [5.74, 6) is -1.01. The number of carbonyl (C=O) groups excluding carboxylic acids is 1. The van der Waals surface area contributed by atoms with E-state index in [0.717, 1.165) is 11.4 Å². The maximum absolute atomic E-state index is 11.9. The van der Waals surface area contributed by atoms with Crippen molar-refractivity contribution in [1.82, 2.24) is 15.2 Å². The van der Waals surface area contributed by atoms with E-state index in [2.05, 4.69) is 10.3 Å². The van der Waals surface area contributed by atoms with E-state index in [-0.39, 0.29) is 0 Å². The minimum absolute atomic E-state index is 0.339. The van der Waals surface area contributed by atoms with Gasteiger partial charge < -0.3 is 15.3 Å². The zero-order valence-electron chi connectivity index (χ0n) is 12.1. The molecule has 0 fully saturated rings. The number of carboxylic acid groups (broad SMARTS) is 1. The highest BCUT2D eigenvalue weighted by molar-refractivity contribution is 5.82. The van der Waals surface area contributed by atoms with E-state index < -0.39 is 18.0 Å². The van der Waals surface area contributed by atoms with Crippen molar-refractivity contribution in [3.05, 3.63) is 29.6 Å². The standard InChI is InChI=1S/C14H21N3O3/c1-4-6-12(13(18)19)16-14(20)17(3)9-11-8-5-7-10(2)15-11/h5,7-8,12H,4,6,9H2,1-3H3,(H,16,20)(H,18,19). The second-order valence-electron chi connectivity index (χ2n) is 4.76. The summed E-state index contributed by atoms with van der Waals surface area (Å²) < 4.78 is 0. The molecule has 2 amide bonds. The third-order valence-corrected chi connectivity index (χ3v) is 2.87. The maximum Gasteiger partial charge on any atom is 0.326 e. The van der Waals surface area contributed by atoms with Gasteiger partial charge in [0, 0.05) is 12.7 Å². The molecule has 110 valence electrons. The van der Waals surface area contributed by atoms with Gasteiger partial charge in [0.2, 0.25) is 0 Å². The van der Waals surface area contributed by atoms with E-state index >= 15 is 0 Å². The first-order chi connectivity index (χ1) is 9.43. The number of carboxylic acids is 1. The largest absolute Gasteiger partial charge is 0.480 e. The summed E-state index contributed by atoms with van der Waals surface area (Å²) in [6, 6.07) is 4.33. The molecule has 0 bridgehead atoms. The summed E-state index contributed by atoms with van der Waals surface area (Å²) >= 11 is 0. The summed E-state index contributed by atoms with van der Waals surface area (Å²) in [6.07, 6.45) is 1.11. The van der Waals surface area contributed by atoms with Gasteiger partial charge >= 0.3 is 12.0 Å². The van der Waals surface area contributed by atoms with Crippen molar-refractivity contribution >= 4 is 12.0 Å². The van der Waals surface area contributed by atoms with Gasteiger partial charge in [0.1, 0.15) is 6.04 Å². The average Bonchev–Trinajstić information content (AvgIpc) is 2.37. The molecule has 1 rings (SSSR count). The van der Waals surface area contributed by atoms with Gasteiger partial charge in [0.15, 0.2) is 0 Å². The molecule has 1 atom stereocenters. The number of amides is 2. The number of hydrogen-bond acceptors (Lipinski definition) is 3. The van der Waals surface area contributed by atoms with Gasteiger partial charge in [-0.3, -0.25) is 4.98 Å². The smallest absolute Gasteiger partial charge is 0.326 e. The molecule has 6 nitrogen and oxygen atoms in total. The van der Waals surface area contributed by atoms with Gasteiger partial charge in [-0.25, -0.2) is 9.59 Å². The number of nitrogens with one attached hydrogen (secondary N) is 1. The van der Waals surface area contributed by atoms with Crippen LogP contribution in [0.4, 0.5) is 4.79 Å². The summed E-state index contributed by atoms with van der Waals surface area (Å²) in [6.45, 7) is 4.10. The normalized spacial score (nSPS) is 11.8. The van der Waals surface area contributed by atoms with Crippen LogP contribution in [-0.2, 0) is 11.3 Å². The first kappa shape index (κ1) is 15.9. The predicted octanol–water partition coefficient (Wildman–Crippen LogP) is 1.78. The molecular weight excluding hydrogens is 258 g/mol. The number of aromatic nitrogens is 1. The molecule has 1 aromatic heterocycles. The van der Waals surface area contributed by atoms with E-state index in [4.69, 9.17) is 5.11 Å². The first-order valence-corrected chi connectivity index (χ1v) is 6.61. The van der Waals surface area contributed by atoms with Crippen LogP contribution in [0.25, 0.3) is 0 Å². The lowest BCUT2D eigenvalue weighted by molar-refractivity contribution is -0.139. The molecule has 0 saturated heterocycles. The minimum Gasteiger partial charge on any atom is -0.480 e. The van der Waals surface area contributed by atoms with E-state index in [0.29, 0.717) is 19.4 Å². The molecule has 1 heterocycles. The highest BCUT2D eigenvalue weighted by Gasteiger charge is 2.20. The Morgan fingerprint density at radius 2 is 2.15 bits per heavy atom. The Bertz CT molecular complexity index is 476. The zero-order valence-corrected chi connectivity index (χ0v) is 12.1. The van der Waals surface area contributed by atoms with Crippen molar-refractivity contribution in [3.63, 3.8) is 0 Å². The Morgan fingerprint density at radius 1 is 1.45 bits per heavy atom. The van der Waals surface area contributed by atoms with Crippen LogP contribution in [0.1, 0.15) is 31.2 Å². The van der Waals surface area contributed by atoms with Gasteiger partial charge in [0.25, 0.3) is 0 Å². The molecule has 2 N–H and O–H groups in total. The van der Waals surface area contributed by atoms with E-state index in [1.807, 2.05) is 32.0 Å². The van der Waals surface area contributed by atoms with Crippen LogP contribution in [-0.4, -0.2) is 40.1 Å². The number of aliphatic carboxylic acids is 1. The molecule has 6 heteroatoms. The topological polar surface area (TPSA) is 82.5 Å². The van der Waals surface area contributed by atoms with E-state index in [1.54, 1.807) is 7.05 Å². The van der Waals surface area contributed by atoms with Gasteiger partial charge in [0.05, 0.1) is 12.2 Å². The fourth-order valence-electron chi connectivity index (χ4n) is 1.81. The van der Waals surface area contributed by atoms with Crippen LogP contribution < -0.4 is 5.32 Å². The highest BCUT2D eigenvalue weighted by atomic mass is 16.4. The summed E-state index contributed by atoms with van der Waals surface area (Å²) in [7, 11) is 1.62. The number of hydrogen-bond donors (Lipinski definition) is 2. The van der Waals surface area contributed by atoms with Crippen molar-refractivity contribution in [1.29, 1.82) is 0 Å². The number of pyridine rings is 1. The van der Waals surface area contributed by atoms with Gasteiger partial charge in [-0.2, -0.15) is 0 Å². The lowest BCUT2D eigenvalue weighted by atomic mass is 10.2. The van der Waals surface area contributed by atoms with E-state index in [9.17, 15) is 9.59 Å². The second-order valence-corrected chi connectivity index (χ2v) is 4.76. The quantitative estimate of drug-likeness (QED) is 0.831. The van der Waals surface area contributed by atoms with Crippen LogP contribution in [0.3, 0.4) is 0 Å². The van der Waals surface area contributed by atoms with Crippen molar-refractivity contribution in [2.45, 2.75) is 39.3 Å². The maximum atomic E-state index is 11.9. The molecule has 1 aromatic rings. The molecule has 0 aliphatic heterocycles. The minimum atomic E-state index is -1.01. The summed E-state index contributed by atoms with van der Waals surface area (Å²) in [5, 5.41) is 11.5. The SMILES string of the molecule is CCCC(NC(=O)N(C)Cc1cccc(C)n1)C(=O)O. The molecule has 0 aromatic carbocycles. The number of urea groups is 1. The third-order valence-electron chi connectivity index (χ3n) is 2.87. The highest BCUT2D eigenvalue weighted by Crippen LogP contribution is 2.03. The van der Waals surface area contributed by atoms with Crippen molar-refractivity contribution in [2.24, 2.45) is 0 Å². The average molecular weight is 279 g/mol. The van der Waals surface area contributed by atoms with Crippen LogP contribution in [0, 0.1) is 6.92 Å². The monoisotopic (exact) mass is 279 g/mol. The van der Waals surface area contributed by atoms with Gasteiger partial charge in [-0.05, 0) is 25.5 Å². The fraction of sp³-hybridized carbons (Fsp3) is 0.500. The molecule has 0 radical (unpaired) electrons. The lowest BCUT2D eigenvalue weighted by Gasteiger charge is -2.21. The van der Waals surface area contributed by atoms with Crippen LogP contribution >= 0.6 is 0 Å². The number of nitrogens with zero attached hydrogens (tertiary/aromatic N) is 2. The third kappa shape index (κ3) is 4.87. The van der Waals surface area contributed by atoms with Crippen LogP contribution in [0.5, 0.6) is 0 Å². The molecular formula is C14H21N3O3. The van der Waals surface area contributed by atoms with Gasteiger partial charge in [-0.15, -0.1) is 0 Å². The van der Waals surface area contributed by atoms with Crippen molar-refractivity contribution in [2.75, 3.05) is 7.05 Å². The Labute approximate surface area is 118 Å². The Kier molecular flexibility index (Phi) is 5.96. The summed E-state index contributed by atoms with van der Waals surface area (Å²) in [4.78, 5) is 28.7. The number of aryl methyl sites for hydroxylation is 1. The number of rotatable bonds is 6. The summed E-state index contributed by atoms with van der Waals surface area (Å²) in [5.41, 5.74) is 1.65. The van der Waals surface area contributed by atoms with Crippen LogP contribution in [0.2, 0.25) is 0 Å². The fourth-order valence-corrected chi connectivity index (χ4v) is 1.81. The molecule has 1 unspecified atom stereocenters. The Morgan fingerprint density at radius 3 is 2.70 bits per heavy atom.